The minimum Gasteiger partial charge on any atom is -0.383 e. The molecule has 7 heteroatoms. The summed E-state index contributed by atoms with van der Waals surface area (Å²) >= 11 is 13.5. The van der Waals surface area contributed by atoms with Gasteiger partial charge in [-0.3, -0.25) is 4.79 Å². The number of hydrogen-bond acceptors (Lipinski definition) is 4. The molecule has 0 fully saturated rings. The average Bonchev–Trinajstić information content (AvgIpc) is 2.87. The zero-order chi connectivity index (χ0) is 17.3. The van der Waals surface area contributed by atoms with Crippen LogP contribution < -0.4 is 11.1 Å². The Kier molecular flexibility index (Phi) is 4.76. The van der Waals surface area contributed by atoms with Crippen LogP contribution in [0.1, 0.15) is 15.9 Å². The Balaban J connectivity index is 1.85. The first-order valence-electron chi connectivity index (χ1n) is 7.03. The first-order chi connectivity index (χ1) is 11.5. The van der Waals surface area contributed by atoms with Crippen molar-refractivity contribution in [3.05, 3.63) is 62.3 Å². The molecule has 0 aliphatic heterocycles. The Bertz CT molecular complexity index is 887. The molecule has 0 unspecified atom stereocenters. The maximum absolute atomic E-state index is 12.2. The maximum Gasteiger partial charge on any atom is 0.256 e. The lowest BCUT2D eigenvalue weighted by Crippen LogP contribution is -2.13. The molecule has 0 saturated carbocycles. The molecule has 1 aromatic carbocycles. The number of nitrogens with one attached hydrogen (secondary N) is 1. The second-order valence-corrected chi connectivity index (χ2v) is 7.08. The molecule has 2 aromatic heterocycles. The molecule has 0 spiro atoms. The minimum absolute atomic E-state index is 0.281. The third-order valence-electron chi connectivity index (χ3n) is 3.47. The fourth-order valence-electron chi connectivity index (χ4n) is 2.28. The van der Waals surface area contributed by atoms with Gasteiger partial charge in [0.1, 0.15) is 16.0 Å². The number of carbonyl (C=O) groups is 1. The molecule has 3 N–H and O–H groups in total. The SMILES string of the molecule is Cc1csc(Cl)c1-c1ccc(NC(=O)c2ccc(Cl)cc2)nc1N. The van der Waals surface area contributed by atoms with Crippen LogP contribution in [0.15, 0.2) is 41.8 Å². The van der Waals surface area contributed by atoms with Gasteiger partial charge in [0, 0.05) is 21.7 Å². The van der Waals surface area contributed by atoms with Crippen LogP contribution in [0, 0.1) is 6.92 Å². The van der Waals surface area contributed by atoms with Crippen molar-refractivity contribution in [1.29, 1.82) is 0 Å². The van der Waals surface area contributed by atoms with Crippen LogP contribution in [0.4, 0.5) is 11.6 Å². The van der Waals surface area contributed by atoms with Crippen molar-refractivity contribution in [1.82, 2.24) is 4.98 Å². The molecule has 0 aliphatic rings. The van der Waals surface area contributed by atoms with Crippen molar-refractivity contribution in [2.45, 2.75) is 6.92 Å². The van der Waals surface area contributed by atoms with E-state index in [1.54, 1.807) is 36.4 Å². The Morgan fingerprint density at radius 2 is 1.88 bits per heavy atom. The molecule has 4 nitrogen and oxygen atoms in total. The summed E-state index contributed by atoms with van der Waals surface area (Å²) in [5.41, 5.74) is 9.21. The molecule has 2 heterocycles. The number of halogens is 2. The van der Waals surface area contributed by atoms with Gasteiger partial charge in [0.05, 0.1) is 0 Å². The second-order valence-electron chi connectivity index (χ2n) is 5.16. The van der Waals surface area contributed by atoms with E-state index >= 15 is 0 Å². The Morgan fingerprint density at radius 3 is 2.46 bits per heavy atom. The van der Waals surface area contributed by atoms with E-state index in [4.69, 9.17) is 28.9 Å². The fourth-order valence-corrected chi connectivity index (χ4v) is 3.57. The summed E-state index contributed by atoms with van der Waals surface area (Å²) < 4.78 is 0.666. The van der Waals surface area contributed by atoms with Gasteiger partial charge in [-0.25, -0.2) is 4.98 Å². The van der Waals surface area contributed by atoms with Crippen molar-refractivity contribution >= 4 is 52.1 Å². The summed E-state index contributed by atoms with van der Waals surface area (Å²) in [4.78, 5) is 16.5. The Morgan fingerprint density at radius 1 is 1.17 bits per heavy atom. The highest BCUT2D eigenvalue weighted by atomic mass is 35.5. The number of pyridine rings is 1. The molecular formula is C17H13Cl2N3OS. The highest BCUT2D eigenvalue weighted by Gasteiger charge is 2.14. The van der Waals surface area contributed by atoms with Crippen molar-refractivity contribution < 1.29 is 4.79 Å². The van der Waals surface area contributed by atoms with Crippen molar-refractivity contribution in [2.24, 2.45) is 0 Å². The van der Waals surface area contributed by atoms with Gasteiger partial charge in [-0.15, -0.1) is 11.3 Å². The van der Waals surface area contributed by atoms with Crippen molar-refractivity contribution in [3.63, 3.8) is 0 Å². The topological polar surface area (TPSA) is 68.0 Å². The molecule has 0 aliphatic carbocycles. The normalized spacial score (nSPS) is 10.6. The number of carbonyl (C=O) groups excluding carboxylic acids is 1. The lowest BCUT2D eigenvalue weighted by molar-refractivity contribution is 0.102. The van der Waals surface area contributed by atoms with E-state index in [9.17, 15) is 4.79 Å². The fraction of sp³-hybridized carbons (Fsp3) is 0.0588. The summed E-state index contributed by atoms with van der Waals surface area (Å²) in [5, 5.41) is 5.25. The van der Waals surface area contributed by atoms with Crippen LogP contribution in [0.2, 0.25) is 9.36 Å². The molecule has 0 bridgehead atoms. The van der Waals surface area contributed by atoms with Gasteiger partial charge >= 0.3 is 0 Å². The predicted octanol–water partition coefficient (Wildman–Crippen LogP) is 5.26. The van der Waals surface area contributed by atoms with E-state index in [0.717, 1.165) is 16.7 Å². The molecule has 0 radical (unpaired) electrons. The molecular weight excluding hydrogens is 365 g/mol. The lowest BCUT2D eigenvalue weighted by atomic mass is 10.1. The lowest BCUT2D eigenvalue weighted by Gasteiger charge is -2.09. The smallest absolute Gasteiger partial charge is 0.256 e. The largest absolute Gasteiger partial charge is 0.383 e. The summed E-state index contributed by atoms with van der Waals surface area (Å²) in [6.45, 7) is 1.97. The number of thiophene rings is 1. The van der Waals surface area contributed by atoms with Gasteiger partial charge in [-0.1, -0.05) is 23.2 Å². The number of aryl methyl sites for hydroxylation is 1. The number of benzene rings is 1. The maximum atomic E-state index is 12.2. The third kappa shape index (κ3) is 3.38. The standard InChI is InChI=1S/C17H13Cl2N3OS/c1-9-8-24-15(19)14(9)12-6-7-13(21-16(12)20)22-17(23)10-2-4-11(18)5-3-10/h2-8H,1H3,(H3,20,21,22,23). The van der Waals surface area contributed by atoms with E-state index < -0.39 is 0 Å². The van der Waals surface area contributed by atoms with Gasteiger partial charge in [0.15, 0.2) is 0 Å². The predicted molar refractivity (Wildman–Crippen MR) is 101 cm³/mol. The minimum atomic E-state index is -0.281. The molecule has 3 rings (SSSR count). The van der Waals surface area contributed by atoms with Crippen LogP contribution in [0.25, 0.3) is 11.1 Å². The molecule has 122 valence electrons. The first kappa shape index (κ1) is 16.8. The third-order valence-corrected chi connectivity index (χ3v) is 5.06. The molecule has 0 atom stereocenters. The van der Waals surface area contributed by atoms with E-state index in [2.05, 4.69) is 10.3 Å². The number of hydrogen-bond donors (Lipinski definition) is 2. The number of rotatable bonds is 3. The van der Waals surface area contributed by atoms with Gasteiger partial charge in [-0.05, 0) is 54.3 Å². The number of nitrogens with zero attached hydrogens (tertiary/aromatic N) is 1. The van der Waals surface area contributed by atoms with Crippen LogP contribution in [-0.2, 0) is 0 Å². The quantitative estimate of drug-likeness (QED) is 0.653. The monoisotopic (exact) mass is 377 g/mol. The number of nitrogen functional groups attached to an aromatic ring is 1. The van der Waals surface area contributed by atoms with Gasteiger partial charge < -0.3 is 11.1 Å². The van der Waals surface area contributed by atoms with Gasteiger partial charge in [-0.2, -0.15) is 0 Å². The summed E-state index contributed by atoms with van der Waals surface area (Å²) in [6.07, 6.45) is 0. The highest BCUT2D eigenvalue weighted by molar-refractivity contribution is 7.15. The average molecular weight is 378 g/mol. The summed E-state index contributed by atoms with van der Waals surface area (Å²) in [6, 6.07) is 10.1. The van der Waals surface area contributed by atoms with E-state index in [0.29, 0.717) is 26.6 Å². The second kappa shape index (κ2) is 6.81. The first-order valence-corrected chi connectivity index (χ1v) is 8.66. The van der Waals surface area contributed by atoms with E-state index in [1.807, 2.05) is 12.3 Å². The molecule has 0 saturated heterocycles. The molecule has 3 aromatic rings. The van der Waals surface area contributed by atoms with Gasteiger partial charge in [0.2, 0.25) is 0 Å². The Labute approximate surface area is 153 Å². The zero-order valence-electron chi connectivity index (χ0n) is 12.6. The van der Waals surface area contributed by atoms with Crippen molar-refractivity contribution in [2.75, 3.05) is 11.1 Å². The van der Waals surface area contributed by atoms with Crippen LogP contribution in [0.3, 0.4) is 0 Å². The van der Waals surface area contributed by atoms with Gasteiger partial charge in [0.25, 0.3) is 5.91 Å². The number of anilines is 2. The molecule has 1 amide bonds. The zero-order valence-corrected chi connectivity index (χ0v) is 15.0. The number of amides is 1. The van der Waals surface area contributed by atoms with E-state index in [-0.39, 0.29) is 5.91 Å². The van der Waals surface area contributed by atoms with Crippen molar-refractivity contribution in [3.8, 4) is 11.1 Å². The molecule has 24 heavy (non-hydrogen) atoms. The Hall–Kier alpha value is -2.08. The number of nitrogens with two attached hydrogens (primary N) is 1. The number of aromatic nitrogens is 1. The summed E-state index contributed by atoms with van der Waals surface area (Å²) in [7, 11) is 0. The van der Waals surface area contributed by atoms with Crippen LogP contribution in [0.5, 0.6) is 0 Å². The van der Waals surface area contributed by atoms with Crippen LogP contribution in [-0.4, -0.2) is 10.9 Å². The van der Waals surface area contributed by atoms with Crippen LogP contribution >= 0.6 is 34.5 Å². The highest BCUT2D eigenvalue weighted by Crippen LogP contribution is 2.38. The summed E-state index contributed by atoms with van der Waals surface area (Å²) in [5.74, 6) is 0.406. The van der Waals surface area contributed by atoms with E-state index in [1.165, 1.54) is 11.3 Å².